The first-order valence-electron chi connectivity index (χ1n) is 7.92. The first kappa shape index (κ1) is 13.5. The van der Waals surface area contributed by atoms with Crippen molar-refractivity contribution in [2.24, 2.45) is 5.41 Å². The van der Waals surface area contributed by atoms with E-state index < -0.39 is 0 Å². The second-order valence-corrected chi connectivity index (χ2v) is 6.89. The molecule has 0 amide bonds. The largest absolute Gasteiger partial charge is 0.367 e. The van der Waals surface area contributed by atoms with Gasteiger partial charge in [0.15, 0.2) is 0 Å². The Morgan fingerprint density at radius 2 is 1.55 bits per heavy atom. The molecule has 0 saturated heterocycles. The molecule has 3 rings (SSSR count). The van der Waals surface area contributed by atoms with Crippen molar-refractivity contribution in [3.63, 3.8) is 0 Å². The van der Waals surface area contributed by atoms with E-state index in [1.54, 1.807) is 0 Å². The average molecular weight is 268 g/mol. The minimum absolute atomic E-state index is 0.344. The van der Waals surface area contributed by atoms with Gasteiger partial charge < -0.3 is 5.32 Å². The molecule has 2 saturated carbocycles. The minimum Gasteiger partial charge on any atom is -0.367 e. The van der Waals surface area contributed by atoms with Gasteiger partial charge in [0, 0.05) is 5.69 Å². The maximum Gasteiger partial charge on any atom is 0.125 e. The van der Waals surface area contributed by atoms with Crippen LogP contribution in [0.2, 0.25) is 0 Å². The van der Waals surface area contributed by atoms with Gasteiger partial charge in [-0.2, -0.15) is 5.26 Å². The summed E-state index contributed by atoms with van der Waals surface area (Å²) in [7, 11) is 0. The van der Waals surface area contributed by atoms with Crippen molar-refractivity contribution in [3.05, 3.63) is 29.8 Å². The molecule has 0 heterocycles. The monoisotopic (exact) mass is 268 g/mol. The Morgan fingerprint density at radius 1 is 0.950 bits per heavy atom. The summed E-state index contributed by atoms with van der Waals surface area (Å²) in [6.45, 7) is 2.09. The summed E-state index contributed by atoms with van der Waals surface area (Å²) in [5, 5.41) is 13.2. The molecule has 2 aliphatic carbocycles. The third-order valence-electron chi connectivity index (χ3n) is 5.48. The van der Waals surface area contributed by atoms with E-state index in [9.17, 15) is 5.26 Å². The van der Waals surface area contributed by atoms with Crippen LogP contribution < -0.4 is 5.32 Å². The van der Waals surface area contributed by atoms with Crippen molar-refractivity contribution in [1.82, 2.24) is 0 Å². The zero-order valence-electron chi connectivity index (χ0n) is 12.4. The zero-order valence-corrected chi connectivity index (χ0v) is 12.4. The number of nitriles is 1. The van der Waals surface area contributed by atoms with Gasteiger partial charge in [0.25, 0.3) is 0 Å². The van der Waals surface area contributed by atoms with Crippen molar-refractivity contribution < 1.29 is 0 Å². The third-order valence-corrected chi connectivity index (χ3v) is 5.48. The van der Waals surface area contributed by atoms with Crippen LogP contribution in [-0.2, 0) is 0 Å². The van der Waals surface area contributed by atoms with Crippen molar-refractivity contribution in [1.29, 1.82) is 5.26 Å². The van der Waals surface area contributed by atoms with Crippen molar-refractivity contribution in [2.45, 2.75) is 63.8 Å². The second kappa shape index (κ2) is 5.13. The van der Waals surface area contributed by atoms with Crippen molar-refractivity contribution in [2.75, 3.05) is 5.32 Å². The fourth-order valence-corrected chi connectivity index (χ4v) is 4.01. The lowest BCUT2D eigenvalue weighted by Gasteiger charge is -2.42. The fraction of sp³-hybridized carbons (Fsp3) is 0.611. The highest BCUT2D eigenvalue weighted by atomic mass is 15.0. The summed E-state index contributed by atoms with van der Waals surface area (Å²) in [5.74, 6) is 0. The number of hydrogen-bond donors (Lipinski definition) is 1. The maximum atomic E-state index is 9.68. The van der Waals surface area contributed by atoms with Crippen LogP contribution in [0.25, 0.3) is 0 Å². The topological polar surface area (TPSA) is 35.8 Å². The Bertz CT molecular complexity index is 493. The highest BCUT2D eigenvalue weighted by Gasteiger charge is 2.44. The molecule has 106 valence electrons. The average Bonchev–Trinajstić information content (AvgIpc) is 2.93. The van der Waals surface area contributed by atoms with E-state index in [4.69, 9.17) is 0 Å². The quantitative estimate of drug-likeness (QED) is 0.836. The lowest BCUT2D eigenvalue weighted by molar-refractivity contribution is 0.167. The molecule has 2 nitrogen and oxygen atoms in total. The summed E-state index contributed by atoms with van der Waals surface area (Å²) in [4.78, 5) is 0. The van der Waals surface area contributed by atoms with Crippen molar-refractivity contribution in [3.8, 4) is 6.07 Å². The number of nitrogens with one attached hydrogen (secondary N) is 1. The Labute approximate surface area is 122 Å². The summed E-state index contributed by atoms with van der Waals surface area (Å²) in [5.41, 5.74) is 2.58. The first-order valence-corrected chi connectivity index (χ1v) is 7.92. The van der Waals surface area contributed by atoms with Gasteiger partial charge in [0.1, 0.15) is 5.54 Å². The molecule has 0 aromatic heterocycles. The van der Waals surface area contributed by atoms with E-state index in [1.807, 2.05) is 0 Å². The molecule has 0 aliphatic heterocycles. The number of rotatable bonds is 2. The SMILES string of the molecule is Cc1ccc(NC2(C#N)CCC3(CCCC3)CC2)cc1. The Kier molecular flexibility index (Phi) is 3.46. The molecule has 2 heteroatoms. The highest BCUT2D eigenvalue weighted by molar-refractivity contribution is 5.49. The number of anilines is 1. The van der Waals surface area contributed by atoms with Crippen LogP contribution in [-0.4, -0.2) is 5.54 Å². The number of benzene rings is 1. The normalized spacial score (nSPS) is 23.4. The van der Waals surface area contributed by atoms with E-state index in [0.717, 1.165) is 18.5 Å². The molecule has 0 radical (unpaired) electrons. The summed E-state index contributed by atoms with van der Waals surface area (Å²) in [6.07, 6.45) is 10.0. The van der Waals surface area contributed by atoms with Gasteiger partial charge in [-0.3, -0.25) is 0 Å². The van der Waals surface area contributed by atoms with E-state index in [1.165, 1.54) is 44.1 Å². The van der Waals surface area contributed by atoms with Gasteiger partial charge >= 0.3 is 0 Å². The van der Waals surface area contributed by atoms with Crippen LogP contribution in [0.4, 0.5) is 5.69 Å². The summed E-state index contributed by atoms with van der Waals surface area (Å²) < 4.78 is 0. The molecule has 1 N–H and O–H groups in total. The van der Waals surface area contributed by atoms with E-state index >= 15 is 0 Å². The predicted octanol–water partition coefficient (Wildman–Crippen LogP) is 4.80. The Hall–Kier alpha value is -1.49. The Balaban J connectivity index is 1.70. The summed E-state index contributed by atoms with van der Waals surface area (Å²) in [6, 6.07) is 11.0. The first-order chi connectivity index (χ1) is 9.65. The molecule has 1 aromatic rings. The molecular weight excluding hydrogens is 244 g/mol. The van der Waals surface area contributed by atoms with Gasteiger partial charge in [-0.1, -0.05) is 30.5 Å². The predicted molar refractivity (Wildman–Crippen MR) is 82.5 cm³/mol. The van der Waals surface area contributed by atoms with Crippen molar-refractivity contribution >= 4 is 5.69 Å². The number of hydrogen-bond acceptors (Lipinski definition) is 2. The molecule has 0 bridgehead atoms. The van der Waals surface area contributed by atoms with Gasteiger partial charge in [-0.25, -0.2) is 0 Å². The van der Waals surface area contributed by atoms with Crippen LogP contribution >= 0.6 is 0 Å². The van der Waals surface area contributed by atoms with Crippen LogP contribution in [0.5, 0.6) is 0 Å². The summed E-state index contributed by atoms with van der Waals surface area (Å²) >= 11 is 0. The molecular formula is C18H24N2. The maximum absolute atomic E-state index is 9.68. The van der Waals surface area contributed by atoms with Gasteiger partial charge in [-0.15, -0.1) is 0 Å². The molecule has 2 aliphatic rings. The molecule has 1 spiro atoms. The van der Waals surface area contributed by atoms with E-state index in [0.29, 0.717) is 5.41 Å². The smallest absolute Gasteiger partial charge is 0.125 e. The molecule has 1 aromatic carbocycles. The lowest BCUT2D eigenvalue weighted by Crippen LogP contribution is -2.43. The third kappa shape index (κ3) is 2.54. The molecule has 0 atom stereocenters. The zero-order chi connectivity index (χ0) is 14.1. The van der Waals surface area contributed by atoms with E-state index in [-0.39, 0.29) is 5.54 Å². The van der Waals surface area contributed by atoms with Gasteiger partial charge in [0.2, 0.25) is 0 Å². The number of nitrogens with zero attached hydrogens (tertiary/aromatic N) is 1. The van der Waals surface area contributed by atoms with Crippen LogP contribution in [0.15, 0.2) is 24.3 Å². The molecule has 0 unspecified atom stereocenters. The van der Waals surface area contributed by atoms with Gasteiger partial charge in [-0.05, 0) is 63.0 Å². The standard InChI is InChI=1S/C18H24N2/c1-15-4-6-16(7-5-15)20-18(14-19)12-10-17(11-13-18)8-2-3-9-17/h4-7,20H,2-3,8-13H2,1H3. The molecule has 20 heavy (non-hydrogen) atoms. The van der Waals surface area contributed by atoms with E-state index in [2.05, 4.69) is 42.6 Å². The highest BCUT2D eigenvalue weighted by Crippen LogP contribution is 2.51. The van der Waals surface area contributed by atoms with Crippen LogP contribution in [0, 0.1) is 23.7 Å². The number of aryl methyl sites for hydroxylation is 1. The fourth-order valence-electron chi connectivity index (χ4n) is 4.01. The minimum atomic E-state index is -0.344. The molecule has 2 fully saturated rings. The Morgan fingerprint density at radius 3 is 2.10 bits per heavy atom. The van der Waals surface area contributed by atoms with Crippen LogP contribution in [0.3, 0.4) is 0 Å². The van der Waals surface area contributed by atoms with Crippen LogP contribution in [0.1, 0.15) is 56.9 Å². The lowest BCUT2D eigenvalue weighted by atomic mass is 9.67. The second-order valence-electron chi connectivity index (χ2n) is 6.89. The van der Waals surface area contributed by atoms with Gasteiger partial charge in [0.05, 0.1) is 6.07 Å².